The molecule has 0 aliphatic carbocycles. The number of carbonyl (C=O) groups is 1. The van der Waals surface area contributed by atoms with Crippen molar-refractivity contribution in [1.29, 1.82) is 0 Å². The van der Waals surface area contributed by atoms with Crippen molar-refractivity contribution in [2.24, 2.45) is 0 Å². The fraction of sp³-hybridized carbons (Fsp3) is 0.611. The number of hydrogen-bond acceptors (Lipinski definition) is 4. The zero-order valence-electron chi connectivity index (χ0n) is 15.3. The molecule has 2 rings (SSSR count). The van der Waals surface area contributed by atoms with Crippen molar-refractivity contribution in [1.82, 2.24) is 10.2 Å². The molecule has 0 saturated carbocycles. The fourth-order valence-electron chi connectivity index (χ4n) is 2.85. The molecule has 2 unspecified atom stereocenters. The smallest absolute Gasteiger partial charge is 0.410 e. The van der Waals surface area contributed by atoms with Crippen molar-refractivity contribution in [2.45, 2.75) is 51.5 Å². The Balaban J connectivity index is 2.02. The largest absolute Gasteiger partial charge is 0.444 e. The van der Waals surface area contributed by atoms with Crippen LogP contribution in [-0.4, -0.2) is 48.9 Å². The first kappa shape index (κ1) is 20.3. The lowest BCUT2D eigenvalue weighted by Crippen LogP contribution is -2.41. The first-order valence-corrected chi connectivity index (χ1v) is 9.08. The monoisotopic (exact) mass is 388 g/mol. The number of nitrogens with zero attached hydrogens (tertiary/aromatic N) is 1. The van der Waals surface area contributed by atoms with Gasteiger partial charge in [-0.1, -0.05) is 29.3 Å². The van der Waals surface area contributed by atoms with Crippen LogP contribution in [0.25, 0.3) is 0 Å². The van der Waals surface area contributed by atoms with E-state index in [1.807, 2.05) is 39.8 Å². The van der Waals surface area contributed by atoms with Crippen LogP contribution >= 0.6 is 23.2 Å². The molecule has 1 heterocycles. The number of likely N-dealkylation sites (tertiary alicyclic amines) is 1. The molecule has 5 nitrogen and oxygen atoms in total. The minimum absolute atomic E-state index is 0.00183. The van der Waals surface area contributed by atoms with Crippen LogP contribution in [0, 0.1) is 0 Å². The highest BCUT2D eigenvalue weighted by Crippen LogP contribution is 2.27. The minimum atomic E-state index is -0.515. The molecule has 1 saturated heterocycles. The number of carbonyl (C=O) groups excluding carboxylic acids is 1. The Morgan fingerprint density at radius 3 is 2.52 bits per heavy atom. The lowest BCUT2D eigenvalue weighted by atomic mass is 10.1. The third kappa shape index (κ3) is 5.48. The maximum atomic E-state index is 12.3. The summed E-state index contributed by atoms with van der Waals surface area (Å²) in [4.78, 5) is 14.0. The molecule has 0 radical (unpaired) electrons. The number of amides is 1. The van der Waals surface area contributed by atoms with Crippen molar-refractivity contribution in [3.63, 3.8) is 0 Å². The molecule has 1 aliphatic heterocycles. The lowest BCUT2D eigenvalue weighted by molar-refractivity contribution is 0.0252. The number of benzene rings is 1. The molecule has 1 amide bonds. The second-order valence-electron chi connectivity index (χ2n) is 7.33. The van der Waals surface area contributed by atoms with Crippen LogP contribution < -0.4 is 5.32 Å². The van der Waals surface area contributed by atoms with Gasteiger partial charge in [0.1, 0.15) is 5.60 Å². The molecule has 0 bridgehead atoms. The SMILES string of the molecule is CO[C@H]1CN(C(=O)OC(C)(C)C)CC1NC(C)c1ccc(Cl)c(Cl)c1. The summed E-state index contributed by atoms with van der Waals surface area (Å²) in [5.74, 6) is 0. The molecule has 7 heteroatoms. The van der Waals surface area contributed by atoms with Gasteiger partial charge in [-0.3, -0.25) is 0 Å². The van der Waals surface area contributed by atoms with E-state index in [4.69, 9.17) is 32.7 Å². The van der Waals surface area contributed by atoms with Gasteiger partial charge in [0.25, 0.3) is 0 Å². The standard InChI is InChI=1S/C18H26Cl2N2O3/c1-11(12-6-7-13(19)14(20)8-12)21-15-9-22(10-16(15)24-5)17(23)25-18(2,3)4/h6-8,11,15-16,21H,9-10H2,1-5H3/t11?,15?,16-/m0/s1. The van der Waals surface area contributed by atoms with Crippen LogP contribution in [-0.2, 0) is 9.47 Å². The third-order valence-corrected chi connectivity index (χ3v) is 4.87. The Morgan fingerprint density at radius 1 is 1.28 bits per heavy atom. The number of ether oxygens (including phenoxy) is 2. The average Bonchev–Trinajstić information content (AvgIpc) is 2.91. The highest BCUT2D eigenvalue weighted by atomic mass is 35.5. The van der Waals surface area contributed by atoms with Gasteiger partial charge in [-0.2, -0.15) is 0 Å². The van der Waals surface area contributed by atoms with Gasteiger partial charge in [0.05, 0.1) is 28.7 Å². The van der Waals surface area contributed by atoms with E-state index in [2.05, 4.69) is 5.32 Å². The Morgan fingerprint density at radius 2 is 1.96 bits per heavy atom. The number of hydrogen-bond donors (Lipinski definition) is 1. The molecule has 3 atom stereocenters. The predicted molar refractivity (Wildman–Crippen MR) is 100 cm³/mol. The maximum absolute atomic E-state index is 12.3. The summed E-state index contributed by atoms with van der Waals surface area (Å²) in [6.07, 6.45) is -0.418. The van der Waals surface area contributed by atoms with Gasteiger partial charge in [-0.25, -0.2) is 4.79 Å². The molecule has 140 valence electrons. The lowest BCUT2D eigenvalue weighted by Gasteiger charge is -2.25. The summed E-state index contributed by atoms with van der Waals surface area (Å²) in [5, 5.41) is 4.57. The van der Waals surface area contributed by atoms with Crippen molar-refractivity contribution in [3.05, 3.63) is 33.8 Å². The number of nitrogens with one attached hydrogen (secondary N) is 1. The predicted octanol–water partition coefficient (Wildman–Crippen LogP) is 4.28. The Hall–Kier alpha value is -1.01. The van der Waals surface area contributed by atoms with Gasteiger partial charge in [0.15, 0.2) is 0 Å². The van der Waals surface area contributed by atoms with Gasteiger partial charge in [-0.15, -0.1) is 0 Å². The van der Waals surface area contributed by atoms with Gasteiger partial charge in [0, 0.05) is 19.7 Å². The van der Waals surface area contributed by atoms with E-state index >= 15 is 0 Å². The Labute approximate surface area is 159 Å². The van der Waals surface area contributed by atoms with Crippen LogP contribution in [0.3, 0.4) is 0 Å². The average molecular weight is 389 g/mol. The van der Waals surface area contributed by atoms with Gasteiger partial charge in [0.2, 0.25) is 0 Å². The molecule has 1 fully saturated rings. The van der Waals surface area contributed by atoms with Crippen molar-refractivity contribution >= 4 is 29.3 Å². The van der Waals surface area contributed by atoms with E-state index in [0.717, 1.165) is 5.56 Å². The number of methoxy groups -OCH3 is 1. The normalized spacial score (nSPS) is 22.1. The zero-order valence-corrected chi connectivity index (χ0v) is 16.8. The van der Waals surface area contributed by atoms with Crippen molar-refractivity contribution in [2.75, 3.05) is 20.2 Å². The molecule has 0 spiro atoms. The fourth-order valence-corrected chi connectivity index (χ4v) is 3.15. The van der Waals surface area contributed by atoms with Gasteiger partial charge in [-0.05, 0) is 45.4 Å². The molecule has 1 N–H and O–H groups in total. The summed E-state index contributed by atoms with van der Waals surface area (Å²) in [6, 6.07) is 5.61. The van der Waals surface area contributed by atoms with Gasteiger partial charge >= 0.3 is 6.09 Å². The van der Waals surface area contributed by atoms with E-state index < -0.39 is 5.60 Å². The first-order chi connectivity index (χ1) is 11.6. The van der Waals surface area contributed by atoms with Crippen LogP contribution in [0.15, 0.2) is 18.2 Å². The summed E-state index contributed by atoms with van der Waals surface area (Å²) < 4.78 is 11.0. The first-order valence-electron chi connectivity index (χ1n) is 8.32. The second kappa shape index (κ2) is 8.12. The Kier molecular flexibility index (Phi) is 6.60. The van der Waals surface area contributed by atoms with E-state index in [-0.39, 0.29) is 24.3 Å². The van der Waals surface area contributed by atoms with Gasteiger partial charge < -0.3 is 19.7 Å². The molecular weight excluding hydrogens is 363 g/mol. The summed E-state index contributed by atoms with van der Waals surface area (Å²) in [5.41, 5.74) is 0.512. The number of rotatable bonds is 4. The Bertz CT molecular complexity index is 619. The third-order valence-electron chi connectivity index (χ3n) is 4.13. The topological polar surface area (TPSA) is 50.8 Å². The minimum Gasteiger partial charge on any atom is -0.444 e. The highest BCUT2D eigenvalue weighted by molar-refractivity contribution is 6.42. The van der Waals surface area contributed by atoms with E-state index in [0.29, 0.717) is 23.1 Å². The van der Waals surface area contributed by atoms with Crippen LogP contribution in [0.5, 0.6) is 0 Å². The zero-order chi connectivity index (χ0) is 18.8. The molecule has 1 aliphatic rings. The second-order valence-corrected chi connectivity index (χ2v) is 8.14. The molecule has 1 aromatic rings. The molecule has 1 aromatic carbocycles. The highest BCUT2D eigenvalue weighted by Gasteiger charge is 2.37. The van der Waals surface area contributed by atoms with Crippen LogP contribution in [0.2, 0.25) is 10.0 Å². The molecule has 0 aromatic heterocycles. The van der Waals surface area contributed by atoms with E-state index in [1.54, 1.807) is 18.1 Å². The molecular formula is C18H26Cl2N2O3. The van der Waals surface area contributed by atoms with Crippen LogP contribution in [0.4, 0.5) is 4.79 Å². The van der Waals surface area contributed by atoms with Crippen LogP contribution in [0.1, 0.15) is 39.3 Å². The summed E-state index contributed by atoms with van der Waals surface area (Å²) >= 11 is 12.1. The van der Waals surface area contributed by atoms with E-state index in [1.165, 1.54) is 0 Å². The number of halogens is 2. The van der Waals surface area contributed by atoms with E-state index in [9.17, 15) is 4.79 Å². The summed E-state index contributed by atoms with van der Waals surface area (Å²) in [6.45, 7) is 8.64. The molecule has 25 heavy (non-hydrogen) atoms. The maximum Gasteiger partial charge on any atom is 0.410 e. The quantitative estimate of drug-likeness (QED) is 0.835. The van der Waals surface area contributed by atoms with Crippen molar-refractivity contribution in [3.8, 4) is 0 Å². The van der Waals surface area contributed by atoms with Crippen molar-refractivity contribution < 1.29 is 14.3 Å². The summed E-state index contributed by atoms with van der Waals surface area (Å²) in [7, 11) is 1.65.